The van der Waals surface area contributed by atoms with Gasteiger partial charge in [0.15, 0.2) is 8.32 Å². The molecule has 1 aromatic carbocycles. The SMILES string of the molecule is CC[C@H](C)[C@@H]([C@@H](CC(=O)N1CCC[C@H]1[C@H](OC)[C@@H](C)C(=O)N[C@@H](Cc1ccccc1)C(=O)NCC[Si](C)(C)O)OC)N(C)C(=O)[C@@H](NC(=O)[C@@H](NC)C(C)C)C(C)C. The fourth-order valence-electron chi connectivity index (χ4n) is 8.03. The number of ether oxygens (including phenoxy) is 2. The van der Waals surface area contributed by atoms with Gasteiger partial charge in [-0.15, -0.1) is 0 Å². The molecule has 0 aliphatic carbocycles. The average Bonchev–Trinajstić information content (AvgIpc) is 3.65. The second kappa shape index (κ2) is 24.0. The molecule has 5 amide bonds. The average molecular weight is 833 g/mol. The molecule has 15 heteroatoms. The van der Waals surface area contributed by atoms with Gasteiger partial charge in [0, 0.05) is 40.8 Å². The number of rotatable bonds is 24. The van der Waals surface area contributed by atoms with Crippen LogP contribution in [0.1, 0.15) is 79.7 Å². The van der Waals surface area contributed by atoms with E-state index in [2.05, 4.69) is 21.3 Å². The number of carbonyl (C=O) groups excluding carboxylic acids is 5. The van der Waals surface area contributed by atoms with Gasteiger partial charge in [-0.25, -0.2) is 0 Å². The molecule has 5 N–H and O–H groups in total. The minimum Gasteiger partial charge on any atom is -0.432 e. The lowest BCUT2D eigenvalue weighted by Gasteiger charge is -2.41. The fourth-order valence-corrected chi connectivity index (χ4v) is 8.76. The Labute approximate surface area is 349 Å². The van der Waals surface area contributed by atoms with E-state index >= 15 is 0 Å². The third-order valence-corrected chi connectivity index (χ3v) is 13.2. The van der Waals surface area contributed by atoms with Crippen LogP contribution in [0.5, 0.6) is 0 Å². The first-order valence-corrected chi connectivity index (χ1v) is 24.3. The molecule has 1 aliphatic rings. The lowest BCUT2D eigenvalue weighted by atomic mass is 9.89. The molecule has 330 valence electrons. The van der Waals surface area contributed by atoms with Crippen LogP contribution in [0.25, 0.3) is 0 Å². The van der Waals surface area contributed by atoms with Gasteiger partial charge in [-0.2, -0.15) is 0 Å². The van der Waals surface area contributed by atoms with Gasteiger partial charge in [0.25, 0.3) is 0 Å². The van der Waals surface area contributed by atoms with Crippen LogP contribution >= 0.6 is 0 Å². The Kier molecular flexibility index (Phi) is 21.0. The van der Waals surface area contributed by atoms with Crippen molar-refractivity contribution in [3.63, 3.8) is 0 Å². The van der Waals surface area contributed by atoms with Crippen molar-refractivity contribution in [1.29, 1.82) is 0 Å². The molecule has 0 aromatic heterocycles. The van der Waals surface area contributed by atoms with Crippen molar-refractivity contribution in [1.82, 2.24) is 31.1 Å². The molecule has 58 heavy (non-hydrogen) atoms. The van der Waals surface area contributed by atoms with Crippen LogP contribution in [0.3, 0.4) is 0 Å². The lowest BCUT2D eigenvalue weighted by Crippen LogP contribution is -2.59. The van der Waals surface area contributed by atoms with Gasteiger partial charge in [0.05, 0.1) is 42.7 Å². The predicted octanol–water partition coefficient (Wildman–Crippen LogP) is 3.33. The topological polar surface area (TPSA) is 179 Å². The molecule has 1 heterocycles. The van der Waals surface area contributed by atoms with E-state index in [0.717, 1.165) is 18.4 Å². The fraction of sp³-hybridized carbons (Fsp3) is 0.744. The van der Waals surface area contributed by atoms with Crippen LogP contribution < -0.4 is 21.3 Å². The summed E-state index contributed by atoms with van der Waals surface area (Å²) in [5.74, 6) is -2.30. The Morgan fingerprint density at radius 1 is 0.914 bits per heavy atom. The van der Waals surface area contributed by atoms with Gasteiger partial charge in [0.1, 0.15) is 12.1 Å². The molecule has 0 radical (unpaired) electrons. The van der Waals surface area contributed by atoms with E-state index in [1.165, 1.54) is 7.11 Å². The molecule has 1 fully saturated rings. The lowest BCUT2D eigenvalue weighted by molar-refractivity contribution is -0.148. The standard InChI is InChI=1S/C43H76N6O8Si/c1-14-29(6)38(48(9)43(54)37(28(4)5)47-42(53)36(44-8)27(2)3)34(56-10)26-35(50)49-23-18-21-33(49)39(57-11)30(7)40(51)46-32(25-31-19-16-15-17-20-31)41(52)45-22-24-58(12,13)55/h15-17,19-20,27-30,32-34,36-39,44,55H,14,18,21-26H2,1-13H3,(H,45,52)(H,46,51)(H,47,53)/t29-,30+,32-,33-,34+,36-,37-,38-,39+/m0/s1. The summed E-state index contributed by atoms with van der Waals surface area (Å²) in [5, 5.41) is 11.9. The van der Waals surface area contributed by atoms with Crippen molar-refractivity contribution in [3.8, 4) is 0 Å². The summed E-state index contributed by atoms with van der Waals surface area (Å²) in [7, 11) is 4.14. The van der Waals surface area contributed by atoms with Gasteiger partial charge < -0.3 is 45.3 Å². The Morgan fingerprint density at radius 2 is 1.53 bits per heavy atom. The largest absolute Gasteiger partial charge is 0.432 e. The van der Waals surface area contributed by atoms with Gasteiger partial charge in [0.2, 0.25) is 29.5 Å². The van der Waals surface area contributed by atoms with Crippen LogP contribution in [-0.4, -0.2) is 136 Å². The summed E-state index contributed by atoms with van der Waals surface area (Å²) in [5.41, 5.74) is 0.886. The molecular formula is C43H76N6O8Si. The van der Waals surface area contributed by atoms with Crippen molar-refractivity contribution < 1.29 is 38.2 Å². The van der Waals surface area contributed by atoms with Crippen LogP contribution in [0.4, 0.5) is 0 Å². The Hall–Kier alpha value is -3.37. The minimum absolute atomic E-state index is 0.00263. The molecule has 0 spiro atoms. The highest BCUT2D eigenvalue weighted by molar-refractivity contribution is 6.69. The van der Waals surface area contributed by atoms with E-state index < -0.39 is 56.7 Å². The number of likely N-dealkylation sites (tertiary alicyclic amines) is 1. The highest BCUT2D eigenvalue weighted by Gasteiger charge is 2.43. The maximum absolute atomic E-state index is 14.3. The van der Waals surface area contributed by atoms with Crippen molar-refractivity contribution >= 4 is 37.9 Å². The number of methoxy groups -OCH3 is 2. The van der Waals surface area contributed by atoms with E-state index in [9.17, 15) is 28.8 Å². The minimum atomic E-state index is -2.39. The molecule has 0 saturated carbocycles. The maximum atomic E-state index is 14.3. The van der Waals surface area contributed by atoms with Gasteiger partial charge in [-0.1, -0.05) is 85.2 Å². The van der Waals surface area contributed by atoms with Crippen molar-refractivity contribution in [2.24, 2.45) is 23.7 Å². The molecule has 2 rings (SSSR count). The summed E-state index contributed by atoms with van der Waals surface area (Å²) in [6.07, 6.45) is 1.03. The number of benzene rings is 1. The monoisotopic (exact) mass is 833 g/mol. The number of amides is 5. The zero-order valence-electron chi connectivity index (χ0n) is 37.6. The van der Waals surface area contributed by atoms with E-state index in [4.69, 9.17) is 9.47 Å². The zero-order valence-corrected chi connectivity index (χ0v) is 38.6. The summed E-state index contributed by atoms with van der Waals surface area (Å²) < 4.78 is 12.0. The number of likely N-dealkylation sites (N-methyl/N-ethyl adjacent to an activating group) is 2. The normalized spacial score (nSPS) is 18.8. The van der Waals surface area contributed by atoms with Gasteiger partial charge in [-0.3, -0.25) is 24.0 Å². The second-order valence-electron chi connectivity index (χ2n) is 17.4. The molecule has 0 unspecified atom stereocenters. The summed E-state index contributed by atoms with van der Waals surface area (Å²) in [6, 6.07) is 6.97. The number of hydrogen-bond donors (Lipinski definition) is 5. The molecule has 14 nitrogen and oxygen atoms in total. The van der Waals surface area contributed by atoms with Crippen LogP contribution in [-0.2, 0) is 39.9 Å². The van der Waals surface area contributed by atoms with Crippen molar-refractivity contribution in [2.45, 2.75) is 142 Å². The Balaban J connectivity index is 2.29. The first-order chi connectivity index (χ1) is 27.2. The van der Waals surface area contributed by atoms with Crippen molar-refractivity contribution in [2.75, 3.05) is 41.4 Å². The summed E-state index contributed by atoms with van der Waals surface area (Å²) >= 11 is 0. The van der Waals surface area contributed by atoms with Crippen molar-refractivity contribution in [3.05, 3.63) is 35.9 Å². The molecular weight excluding hydrogens is 757 g/mol. The number of hydrogen-bond acceptors (Lipinski definition) is 9. The van der Waals surface area contributed by atoms with E-state index in [1.807, 2.05) is 85.0 Å². The quantitative estimate of drug-likeness (QED) is 0.0979. The van der Waals surface area contributed by atoms with Crippen LogP contribution in [0.15, 0.2) is 30.3 Å². The number of nitrogens with one attached hydrogen (secondary N) is 4. The smallest absolute Gasteiger partial charge is 0.245 e. The number of carbonyl (C=O) groups is 5. The molecule has 0 bridgehead atoms. The molecule has 1 saturated heterocycles. The second-order valence-corrected chi connectivity index (χ2v) is 21.6. The van der Waals surface area contributed by atoms with E-state index in [0.29, 0.717) is 25.6 Å². The van der Waals surface area contributed by atoms with E-state index in [1.54, 1.807) is 37.9 Å². The molecule has 1 aliphatic heterocycles. The third-order valence-electron chi connectivity index (χ3n) is 11.7. The highest BCUT2D eigenvalue weighted by atomic mass is 28.4. The number of nitrogens with zero attached hydrogens (tertiary/aromatic N) is 2. The third kappa shape index (κ3) is 14.7. The Bertz CT molecular complexity index is 1460. The van der Waals surface area contributed by atoms with E-state index in [-0.39, 0.29) is 60.1 Å². The zero-order chi connectivity index (χ0) is 43.9. The Morgan fingerprint density at radius 3 is 2.05 bits per heavy atom. The van der Waals surface area contributed by atoms with Crippen LogP contribution in [0.2, 0.25) is 19.1 Å². The van der Waals surface area contributed by atoms with Gasteiger partial charge in [-0.05, 0) is 62.3 Å². The summed E-state index contributed by atoms with van der Waals surface area (Å²) in [4.78, 5) is 82.8. The highest BCUT2D eigenvalue weighted by Crippen LogP contribution is 2.30. The first kappa shape index (κ1) is 50.8. The predicted molar refractivity (Wildman–Crippen MR) is 230 cm³/mol. The first-order valence-electron chi connectivity index (χ1n) is 21.2. The van der Waals surface area contributed by atoms with Crippen LogP contribution in [0, 0.1) is 23.7 Å². The molecule has 9 atom stereocenters. The molecule has 1 aromatic rings. The maximum Gasteiger partial charge on any atom is 0.245 e. The van der Waals surface area contributed by atoms with Gasteiger partial charge >= 0.3 is 0 Å². The summed E-state index contributed by atoms with van der Waals surface area (Å²) in [6.45, 7) is 17.9.